The predicted molar refractivity (Wildman–Crippen MR) is 70.7 cm³/mol. The van der Waals surface area contributed by atoms with Crippen LogP contribution in [-0.4, -0.2) is 55.0 Å². The first-order valence-corrected chi connectivity index (χ1v) is 7.52. The average molecular weight is 268 g/mol. The summed E-state index contributed by atoms with van der Waals surface area (Å²) in [5.74, 6) is -0.103. The molecule has 0 aromatic heterocycles. The van der Waals surface area contributed by atoms with E-state index in [4.69, 9.17) is 9.47 Å². The Morgan fingerprint density at radius 2 is 1.89 bits per heavy atom. The van der Waals surface area contributed by atoms with E-state index in [1.807, 2.05) is 4.90 Å². The zero-order valence-electron chi connectivity index (χ0n) is 11.7. The van der Waals surface area contributed by atoms with Gasteiger partial charge >= 0.3 is 0 Å². The van der Waals surface area contributed by atoms with Gasteiger partial charge in [0.05, 0.1) is 18.8 Å². The smallest absolute Gasteiger partial charge is 0.242 e. The first-order valence-electron chi connectivity index (χ1n) is 7.52. The second kappa shape index (κ2) is 5.04. The van der Waals surface area contributed by atoms with Crippen molar-refractivity contribution in [2.75, 3.05) is 32.8 Å². The average Bonchev–Trinajstić information content (AvgIpc) is 2.88. The largest absolute Gasteiger partial charge is 0.348 e. The van der Waals surface area contributed by atoms with Crippen LogP contribution in [0.15, 0.2) is 0 Å². The van der Waals surface area contributed by atoms with E-state index in [0.29, 0.717) is 13.2 Å². The second-order valence-corrected chi connectivity index (χ2v) is 5.91. The van der Waals surface area contributed by atoms with E-state index in [-0.39, 0.29) is 17.2 Å². The number of hydrogen-bond donors (Lipinski definition) is 1. The van der Waals surface area contributed by atoms with Gasteiger partial charge < -0.3 is 19.7 Å². The van der Waals surface area contributed by atoms with Crippen LogP contribution in [0.1, 0.15) is 39.0 Å². The molecule has 3 aliphatic rings. The summed E-state index contributed by atoms with van der Waals surface area (Å²) < 4.78 is 11.5. The molecule has 0 atom stereocenters. The SMILES string of the molecule is CCCN1CCNC2(CCC3(CC2)OCCO3)C1=O. The van der Waals surface area contributed by atoms with Gasteiger partial charge in [-0.2, -0.15) is 0 Å². The van der Waals surface area contributed by atoms with Gasteiger partial charge in [0.2, 0.25) is 5.91 Å². The number of piperazine rings is 1. The lowest BCUT2D eigenvalue weighted by atomic mass is 9.76. The highest BCUT2D eigenvalue weighted by Gasteiger charge is 2.51. The monoisotopic (exact) mass is 268 g/mol. The van der Waals surface area contributed by atoms with E-state index in [0.717, 1.165) is 51.7 Å². The second-order valence-electron chi connectivity index (χ2n) is 5.91. The Morgan fingerprint density at radius 3 is 2.53 bits per heavy atom. The molecular formula is C14H24N2O3. The Balaban J connectivity index is 1.69. The molecule has 0 bridgehead atoms. The highest BCUT2D eigenvalue weighted by molar-refractivity contribution is 5.87. The number of nitrogens with zero attached hydrogens (tertiary/aromatic N) is 1. The Hall–Kier alpha value is -0.650. The Kier molecular flexibility index (Phi) is 3.53. The molecule has 19 heavy (non-hydrogen) atoms. The Bertz CT molecular complexity index is 341. The molecule has 0 unspecified atom stereocenters. The van der Waals surface area contributed by atoms with E-state index in [1.54, 1.807) is 0 Å². The molecule has 0 aromatic carbocycles. The Morgan fingerprint density at radius 1 is 1.21 bits per heavy atom. The van der Waals surface area contributed by atoms with Crippen molar-refractivity contribution in [3.63, 3.8) is 0 Å². The fourth-order valence-electron chi connectivity index (χ4n) is 3.63. The van der Waals surface area contributed by atoms with Crippen LogP contribution >= 0.6 is 0 Å². The standard InChI is InChI=1S/C14H24N2O3/c1-2-8-16-9-7-15-13(12(16)17)3-5-14(6-4-13)18-10-11-19-14/h15H,2-11H2,1H3. The molecule has 1 amide bonds. The fourth-order valence-corrected chi connectivity index (χ4v) is 3.63. The van der Waals surface area contributed by atoms with E-state index < -0.39 is 0 Å². The van der Waals surface area contributed by atoms with Crippen LogP contribution in [0.5, 0.6) is 0 Å². The molecule has 3 rings (SSSR count). The summed E-state index contributed by atoms with van der Waals surface area (Å²) in [5.41, 5.74) is -0.353. The van der Waals surface area contributed by atoms with Gasteiger partial charge in [0.25, 0.3) is 0 Å². The molecule has 3 fully saturated rings. The van der Waals surface area contributed by atoms with Gasteiger partial charge in [-0.25, -0.2) is 0 Å². The number of rotatable bonds is 2. The van der Waals surface area contributed by atoms with Crippen molar-refractivity contribution in [2.24, 2.45) is 0 Å². The fraction of sp³-hybridized carbons (Fsp3) is 0.929. The normalized spacial score (nSPS) is 29.3. The third-order valence-electron chi connectivity index (χ3n) is 4.71. The minimum atomic E-state index is -0.389. The summed E-state index contributed by atoms with van der Waals surface area (Å²) in [6.45, 7) is 6.12. The summed E-state index contributed by atoms with van der Waals surface area (Å²) >= 11 is 0. The van der Waals surface area contributed by atoms with Crippen molar-refractivity contribution in [3.8, 4) is 0 Å². The highest BCUT2D eigenvalue weighted by Crippen LogP contribution is 2.41. The quantitative estimate of drug-likeness (QED) is 0.808. The molecule has 5 nitrogen and oxygen atoms in total. The maximum atomic E-state index is 12.7. The van der Waals surface area contributed by atoms with E-state index in [9.17, 15) is 4.79 Å². The number of nitrogens with one attached hydrogen (secondary N) is 1. The lowest BCUT2D eigenvalue weighted by Crippen LogP contribution is -2.66. The molecule has 108 valence electrons. The van der Waals surface area contributed by atoms with Gasteiger partial charge in [-0.3, -0.25) is 4.79 Å². The molecule has 2 heterocycles. The molecule has 5 heteroatoms. The van der Waals surface area contributed by atoms with Crippen LogP contribution in [0, 0.1) is 0 Å². The molecule has 2 aliphatic heterocycles. The first-order chi connectivity index (χ1) is 9.20. The summed E-state index contributed by atoms with van der Waals surface area (Å²) in [5, 5.41) is 3.48. The van der Waals surface area contributed by atoms with Crippen molar-refractivity contribution in [1.82, 2.24) is 10.2 Å². The zero-order valence-corrected chi connectivity index (χ0v) is 11.7. The molecule has 2 saturated heterocycles. The predicted octanol–water partition coefficient (Wildman–Crippen LogP) is 0.884. The van der Waals surface area contributed by atoms with Crippen LogP contribution in [0.25, 0.3) is 0 Å². The topological polar surface area (TPSA) is 50.8 Å². The summed E-state index contributed by atoms with van der Waals surface area (Å²) in [6.07, 6.45) is 4.33. The van der Waals surface area contributed by atoms with Crippen LogP contribution < -0.4 is 5.32 Å². The Labute approximate surface area is 114 Å². The number of amides is 1. The summed E-state index contributed by atoms with van der Waals surface area (Å²) in [4.78, 5) is 14.7. The number of carbonyl (C=O) groups is 1. The third kappa shape index (κ3) is 2.28. The van der Waals surface area contributed by atoms with Gasteiger partial charge in [-0.05, 0) is 19.3 Å². The maximum Gasteiger partial charge on any atom is 0.242 e. The van der Waals surface area contributed by atoms with Crippen molar-refractivity contribution in [1.29, 1.82) is 0 Å². The summed E-state index contributed by atoms with van der Waals surface area (Å²) in [6, 6.07) is 0. The van der Waals surface area contributed by atoms with Gasteiger partial charge in [0, 0.05) is 32.5 Å². The molecular weight excluding hydrogens is 244 g/mol. The number of hydrogen-bond acceptors (Lipinski definition) is 4. The first kappa shape index (κ1) is 13.3. The highest BCUT2D eigenvalue weighted by atomic mass is 16.7. The van der Waals surface area contributed by atoms with E-state index >= 15 is 0 Å². The number of ether oxygens (including phenoxy) is 2. The van der Waals surface area contributed by atoms with Crippen molar-refractivity contribution in [2.45, 2.75) is 50.4 Å². The zero-order chi connectivity index (χ0) is 13.3. The third-order valence-corrected chi connectivity index (χ3v) is 4.71. The van der Waals surface area contributed by atoms with Crippen LogP contribution in [-0.2, 0) is 14.3 Å². The summed E-state index contributed by atoms with van der Waals surface area (Å²) in [7, 11) is 0. The van der Waals surface area contributed by atoms with Gasteiger partial charge in [0.15, 0.2) is 5.79 Å². The minimum Gasteiger partial charge on any atom is -0.348 e. The van der Waals surface area contributed by atoms with Crippen LogP contribution in [0.3, 0.4) is 0 Å². The van der Waals surface area contributed by atoms with Crippen molar-refractivity contribution in [3.05, 3.63) is 0 Å². The van der Waals surface area contributed by atoms with E-state index in [2.05, 4.69) is 12.2 Å². The van der Waals surface area contributed by atoms with Crippen LogP contribution in [0.4, 0.5) is 0 Å². The lowest BCUT2D eigenvalue weighted by molar-refractivity contribution is -0.191. The van der Waals surface area contributed by atoms with Gasteiger partial charge in [-0.1, -0.05) is 6.92 Å². The van der Waals surface area contributed by atoms with Crippen molar-refractivity contribution < 1.29 is 14.3 Å². The minimum absolute atomic E-state index is 0.286. The molecule has 1 saturated carbocycles. The van der Waals surface area contributed by atoms with E-state index in [1.165, 1.54) is 0 Å². The molecule has 1 aliphatic carbocycles. The van der Waals surface area contributed by atoms with Crippen LogP contribution in [0.2, 0.25) is 0 Å². The molecule has 0 aromatic rings. The maximum absolute atomic E-state index is 12.7. The molecule has 0 radical (unpaired) electrons. The van der Waals surface area contributed by atoms with Crippen molar-refractivity contribution >= 4 is 5.91 Å². The lowest BCUT2D eigenvalue weighted by Gasteiger charge is -2.48. The molecule has 1 N–H and O–H groups in total. The number of carbonyl (C=O) groups excluding carboxylic acids is 1. The van der Waals surface area contributed by atoms with Gasteiger partial charge in [0.1, 0.15) is 0 Å². The molecule has 2 spiro atoms. The van der Waals surface area contributed by atoms with Gasteiger partial charge in [-0.15, -0.1) is 0 Å².